The van der Waals surface area contributed by atoms with Crippen LogP contribution in [0.25, 0.3) is 0 Å². The molecular weight excluding hydrogens is 206 g/mol. The second kappa shape index (κ2) is 5.47. The molecule has 0 spiro atoms. The van der Waals surface area contributed by atoms with E-state index in [4.69, 9.17) is 5.73 Å². The van der Waals surface area contributed by atoms with Gasteiger partial charge in [0.05, 0.1) is 5.69 Å². The Kier molecular flexibility index (Phi) is 3.97. The summed E-state index contributed by atoms with van der Waals surface area (Å²) in [5, 5.41) is 6.29. The third-order valence-electron chi connectivity index (χ3n) is 3.00. The van der Waals surface area contributed by atoms with Crippen molar-refractivity contribution >= 4 is 16.5 Å². The lowest BCUT2D eigenvalue weighted by atomic mass is 10.1. The number of nitrogens with zero attached hydrogens (tertiary/aromatic N) is 1. The Labute approximate surface area is 95.1 Å². The van der Waals surface area contributed by atoms with Crippen molar-refractivity contribution in [3.05, 3.63) is 11.1 Å². The van der Waals surface area contributed by atoms with Gasteiger partial charge in [-0.1, -0.05) is 25.7 Å². The molecule has 3 nitrogen and oxygen atoms in total. The van der Waals surface area contributed by atoms with Crippen LogP contribution in [0.3, 0.4) is 0 Å². The molecule has 0 bridgehead atoms. The minimum absolute atomic E-state index is 0.674. The van der Waals surface area contributed by atoms with Crippen molar-refractivity contribution in [1.82, 2.24) is 10.3 Å². The molecule has 1 saturated carbocycles. The van der Waals surface area contributed by atoms with Gasteiger partial charge in [-0.05, 0) is 12.8 Å². The van der Waals surface area contributed by atoms with Crippen LogP contribution in [-0.4, -0.2) is 11.0 Å². The van der Waals surface area contributed by atoms with Gasteiger partial charge in [0, 0.05) is 18.0 Å². The average Bonchev–Trinajstić information content (AvgIpc) is 2.52. The summed E-state index contributed by atoms with van der Waals surface area (Å²) in [6, 6.07) is 0.690. The Bertz CT molecular complexity index is 290. The Morgan fingerprint density at radius 1 is 1.33 bits per heavy atom. The van der Waals surface area contributed by atoms with Crippen molar-refractivity contribution in [2.45, 2.75) is 51.1 Å². The Morgan fingerprint density at radius 3 is 2.67 bits per heavy atom. The molecule has 3 N–H and O–H groups in total. The third kappa shape index (κ3) is 3.47. The van der Waals surface area contributed by atoms with E-state index in [9.17, 15) is 0 Å². The first-order valence-electron chi connectivity index (χ1n) is 5.78. The highest BCUT2D eigenvalue weighted by molar-refractivity contribution is 7.13. The SMILES string of the molecule is Nc1nc(CNC2CCCCCC2)cs1. The molecule has 0 aliphatic heterocycles. The first-order chi connectivity index (χ1) is 7.34. The zero-order valence-electron chi connectivity index (χ0n) is 9.04. The summed E-state index contributed by atoms with van der Waals surface area (Å²) in [5.74, 6) is 0. The number of anilines is 1. The second-order valence-corrected chi connectivity index (χ2v) is 5.14. The van der Waals surface area contributed by atoms with E-state index in [2.05, 4.69) is 10.3 Å². The van der Waals surface area contributed by atoms with E-state index in [1.807, 2.05) is 5.38 Å². The molecule has 1 aliphatic rings. The van der Waals surface area contributed by atoms with Gasteiger partial charge < -0.3 is 11.1 Å². The molecule has 0 radical (unpaired) electrons. The van der Waals surface area contributed by atoms with Gasteiger partial charge in [0.2, 0.25) is 0 Å². The van der Waals surface area contributed by atoms with Crippen LogP contribution in [0.5, 0.6) is 0 Å². The molecule has 0 aromatic carbocycles. The van der Waals surface area contributed by atoms with Crippen LogP contribution < -0.4 is 11.1 Å². The van der Waals surface area contributed by atoms with Gasteiger partial charge in [-0.25, -0.2) is 4.98 Å². The zero-order valence-corrected chi connectivity index (χ0v) is 9.85. The summed E-state index contributed by atoms with van der Waals surface area (Å²) >= 11 is 1.52. The standard InChI is InChI=1S/C11H19N3S/c12-11-14-10(8-15-11)7-13-9-5-3-1-2-4-6-9/h8-9,13H,1-7H2,(H2,12,14). The van der Waals surface area contributed by atoms with Crippen LogP contribution in [0.4, 0.5) is 5.13 Å². The van der Waals surface area contributed by atoms with E-state index in [0.29, 0.717) is 11.2 Å². The molecule has 0 unspecified atom stereocenters. The van der Waals surface area contributed by atoms with Gasteiger partial charge in [-0.15, -0.1) is 11.3 Å². The number of rotatable bonds is 3. The summed E-state index contributed by atoms with van der Waals surface area (Å²) in [4.78, 5) is 4.25. The summed E-state index contributed by atoms with van der Waals surface area (Å²) in [6.07, 6.45) is 8.19. The van der Waals surface area contributed by atoms with E-state index < -0.39 is 0 Å². The number of nitrogens with two attached hydrogens (primary N) is 1. The van der Waals surface area contributed by atoms with E-state index in [-0.39, 0.29) is 0 Å². The zero-order chi connectivity index (χ0) is 10.5. The monoisotopic (exact) mass is 225 g/mol. The van der Waals surface area contributed by atoms with Crippen molar-refractivity contribution in [2.75, 3.05) is 5.73 Å². The average molecular weight is 225 g/mol. The molecule has 1 heterocycles. The van der Waals surface area contributed by atoms with Gasteiger partial charge in [0.25, 0.3) is 0 Å². The summed E-state index contributed by atoms with van der Waals surface area (Å²) < 4.78 is 0. The fourth-order valence-electron chi connectivity index (χ4n) is 2.14. The maximum atomic E-state index is 5.59. The highest BCUT2D eigenvalue weighted by Crippen LogP contribution is 2.18. The molecule has 1 fully saturated rings. The lowest BCUT2D eigenvalue weighted by Gasteiger charge is -2.14. The maximum absolute atomic E-state index is 5.59. The van der Waals surface area contributed by atoms with E-state index in [1.54, 1.807) is 0 Å². The number of thiazole rings is 1. The molecular formula is C11H19N3S. The smallest absolute Gasteiger partial charge is 0.180 e. The van der Waals surface area contributed by atoms with Gasteiger partial charge in [0.1, 0.15) is 0 Å². The van der Waals surface area contributed by atoms with E-state index in [1.165, 1.54) is 49.9 Å². The molecule has 1 aromatic rings. The third-order valence-corrected chi connectivity index (χ3v) is 3.72. The first-order valence-corrected chi connectivity index (χ1v) is 6.66. The van der Waals surface area contributed by atoms with Crippen molar-refractivity contribution in [3.8, 4) is 0 Å². The van der Waals surface area contributed by atoms with Crippen LogP contribution in [0.1, 0.15) is 44.2 Å². The maximum Gasteiger partial charge on any atom is 0.180 e. The molecule has 4 heteroatoms. The lowest BCUT2D eigenvalue weighted by molar-refractivity contribution is 0.457. The van der Waals surface area contributed by atoms with Crippen LogP contribution >= 0.6 is 11.3 Å². The number of nitrogen functional groups attached to an aromatic ring is 1. The minimum atomic E-state index is 0.674. The molecule has 0 atom stereocenters. The minimum Gasteiger partial charge on any atom is -0.375 e. The molecule has 0 saturated heterocycles. The van der Waals surface area contributed by atoms with Crippen molar-refractivity contribution in [3.63, 3.8) is 0 Å². The topological polar surface area (TPSA) is 50.9 Å². The molecule has 15 heavy (non-hydrogen) atoms. The molecule has 2 rings (SSSR count). The normalized spacial score (nSPS) is 18.9. The van der Waals surface area contributed by atoms with Gasteiger partial charge in [-0.3, -0.25) is 0 Å². The number of aromatic nitrogens is 1. The molecule has 1 aromatic heterocycles. The van der Waals surface area contributed by atoms with Crippen molar-refractivity contribution < 1.29 is 0 Å². The van der Waals surface area contributed by atoms with Crippen LogP contribution in [0.15, 0.2) is 5.38 Å². The van der Waals surface area contributed by atoms with Crippen LogP contribution in [0.2, 0.25) is 0 Å². The number of hydrogen-bond acceptors (Lipinski definition) is 4. The van der Waals surface area contributed by atoms with Gasteiger partial charge in [-0.2, -0.15) is 0 Å². The van der Waals surface area contributed by atoms with Gasteiger partial charge in [0.15, 0.2) is 5.13 Å². The number of nitrogens with one attached hydrogen (secondary N) is 1. The highest BCUT2D eigenvalue weighted by atomic mass is 32.1. The second-order valence-electron chi connectivity index (χ2n) is 4.25. The van der Waals surface area contributed by atoms with E-state index in [0.717, 1.165) is 12.2 Å². The quantitative estimate of drug-likeness (QED) is 0.777. The summed E-state index contributed by atoms with van der Waals surface area (Å²) in [5.41, 5.74) is 6.68. The largest absolute Gasteiger partial charge is 0.375 e. The summed E-state index contributed by atoms with van der Waals surface area (Å²) in [6.45, 7) is 0.873. The molecule has 84 valence electrons. The summed E-state index contributed by atoms with van der Waals surface area (Å²) in [7, 11) is 0. The van der Waals surface area contributed by atoms with Crippen LogP contribution in [0, 0.1) is 0 Å². The highest BCUT2D eigenvalue weighted by Gasteiger charge is 2.11. The van der Waals surface area contributed by atoms with Crippen LogP contribution in [-0.2, 0) is 6.54 Å². The molecule has 0 amide bonds. The predicted octanol–water partition coefficient (Wildman–Crippen LogP) is 2.54. The number of hydrogen-bond donors (Lipinski definition) is 2. The fourth-order valence-corrected chi connectivity index (χ4v) is 2.70. The molecule has 1 aliphatic carbocycles. The van der Waals surface area contributed by atoms with Crippen molar-refractivity contribution in [1.29, 1.82) is 0 Å². The Balaban J connectivity index is 1.76. The fraction of sp³-hybridized carbons (Fsp3) is 0.727. The lowest BCUT2D eigenvalue weighted by Crippen LogP contribution is -2.27. The van der Waals surface area contributed by atoms with Gasteiger partial charge >= 0.3 is 0 Å². The first kappa shape index (κ1) is 10.9. The Morgan fingerprint density at radius 2 is 2.07 bits per heavy atom. The Hall–Kier alpha value is -0.610. The van der Waals surface area contributed by atoms with E-state index >= 15 is 0 Å². The van der Waals surface area contributed by atoms with Crippen molar-refractivity contribution in [2.24, 2.45) is 0 Å². The predicted molar refractivity (Wildman–Crippen MR) is 64.9 cm³/mol.